The van der Waals surface area contributed by atoms with Crippen molar-refractivity contribution in [1.29, 1.82) is 0 Å². The maximum absolute atomic E-state index is 12.0. The molecule has 0 aliphatic heterocycles. The number of nitrogens with one attached hydrogen (secondary N) is 2. The Morgan fingerprint density at radius 1 is 1.08 bits per heavy atom. The molecule has 2 amide bonds. The molecule has 0 fully saturated rings. The van der Waals surface area contributed by atoms with Crippen molar-refractivity contribution in [3.63, 3.8) is 0 Å². The fourth-order valence-electron chi connectivity index (χ4n) is 1.83. The summed E-state index contributed by atoms with van der Waals surface area (Å²) >= 11 is 1.29. The topological polar surface area (TPSA) is 110 Å². The second kappa shape index (κ2) is 7.47. The third-order valence-corrected chi connectivity index (χ3v) is 3.77. The van der Waals surface area contributed by atoms with Crippen molar-refractivity contribution in [2.24, 2.45) is 0 Å². The molecule has 24 heavy (non-hydrogen) atoms. The zero-order valence-electron chi connectivity index (χ0n) is 12.4. The van der Waals surface area contributed by atoms with Crippen LogP contribution < -0.4 is 10.6 Å². The van der Waals surface area contributed by atoms with Crippen LogP contribution in [0.4, 0.5) is 0 Å². The van der Waals surface area contributed by atoms with Gasteiger partial charge in [-0.05, 0) is 18.2 Å². The van der Waals surface area contributed by atoms with Crippen LogP contribution in [0, 0.1) is 0 Å². The number of carbonyl (C=O) groups excluding carboxylic acids is 2. The van der Waals surface area contributed by atoms with E-state index in [2.05, 4.69) is 25.6 Å². The van der Waals surface area contributed by atoms with Crippen LogP contribution in [0.25, 0.3) is 10.8 Å². The molecule has 3 heterocycles. The minimum Gasteiger partial charge on any atom is -0.459 e. The highest BCUT2D eigenvalue weighted by Crippen LogP contribution is 2.19. The summed E-state index contributed by atoms with van der Waals surface area (Å²) in [6, 6.07) is 4.91. The van der Waals surface area contributed by atoms with E-state index in [1.54, 1.807) is 36.0 Å². The Bertz CT molecular complexity index is 817. The number of hydrogen-bond donors (Lipinski definition) is 2. The molecule has 0 saturated heterocycles. The van der Waals surface area contributed by atoms with E-state index in [1.807, 2.05) is 0 Å². The summed E-state index contributed by atoms with van der Waals surface area (Å²) in [6.07, 6.45) is 4.66. The zero-order valence-corrected chi connectivity index (χ0v) is 13.2. The Balaban J connectivity index is 1.47. The van der Waals surface area contributed by atoms with Crippen LogP contribution in [0.3, 0.4) is 0 Å². The molecule has 0 spiro atoms. The second-order valence-electron chi connectivity index (χ2n) is 4.60. The average Bonchev–Trinajstić information content (AvgIpc) is 3.31. The third-order valence-electron chi connectivity index (χ3n) is 2.93. The number of thiazole rings is 1. The monoisotopic (exact) mass is 343 g/mol. The maximum Gasteiger partial charge on any atom is 0.287 e. The van der Waals surface area contributed by atoms with Gasteiger partial charge in [0.15, 0.2) is 16.6 Å². The highest BCUT2D eigenvalue weighted by Gasteiger charge is 2.13. The van der Waals surface area contributed by atoms with Crippen molar-refractivity contribution in [2.75, 3.05) is 13.1 Å². The summed E-state index contributed by atoms with van der Waals surface area (Å²) in [6.45, 7) is 0.560. The third kappa shape index (κ3) is 3.82. The predicted molar refractivity (Wildman–Crippen MR) is 86.5 cm³/mol. The van der Waals surface area contributed by atoms with E-state index < -0.39 is 0 Å². The summed E-state index contributed by atoms with van der Waals surface area (Å²) in [7, 11) is 0. The number of rotatable bonds is 6. The SMILES string of the molecule is O=C(NCCNC(=O)c1ccco1)c1csc(-c2ncccn2)n1. The van der Waals surface area contributed by atoms with Gasteiger partial charge in [-0.2, -0.15) is 0 Å². The Morgan fingerprint density at radius 2 is 1.83 bits per heavy atom. The zero-order chi connectivity index (χ0) is 16.8. The summed E-state index contributed by atoms with van der Waals surface area (Å²) in [5.74, 6) is 0.0627. The fourth-order valence-corrected chi connectivity index (χ4v) is 2.57. The molecule has 0 unspecified atom stereocenters. The molecule has 0 atom stereocenters. The van der Waals surface area contributed by atoms with E-state index in [4.69, 9.17) is 4.42 Å². The largest absolute Gasteiger partial charge is 0.459 e. The van der Waals surface area contributed by atoms with Gasteiger partial charge in [0.25, 0.3) is 11.8 Å². The Morgan fingerprint density at radius 3 is 2.54 bits per heavy atom. The van der Waals surface area contributed by atoms with Crippen LogP contribution >= 0.6 is 11.3 Å². The average molecular weight is 343 g/mol. The first-order chi connectivity index (χ1) is 11.7. The molecule has 0 aliphatic rings. The van der Waals surface area contributed by atoms with Gasteiger partial charge in [0.2, 0.25) is 0 Å². The molecular weight excluding hydrogens is 330 g/mol. The predicted octanol–water partition coefficient (Wildman–Crippen LogP) is 1.35. The van der Waals surface area contributed by atoms with Crippen LogP contribution in [0.2, 0.25) is 0 Å². The number of hydrogen-bond acceptors (Lipinski definition) is 7. The lowest BCUT2D eigenvalue weighted by Crippen LogP contribution is -2.34. The molecule has 0 saturated carbocycles. The van der Waals surface area contributed by atoms with E-state index in [0.717, 1.165) is 0 Å². The number of amides is 2. The number of carbonyl (C=O) groups is 2. The maximum atomic E-state index is 12.0. The van der Waals surface area contributed by atoms with Crippen LogP contribution in [-0.4, -0.2) is 39.9 Å². The Kier molecular flexibility index (Phi) is 4.92. The van der Waals surface area contributed by atoms with Gasteiger partial charge in [0.1, 0.15) is 5.69 Å². The molecule has 122 valence electrons. The first-order valence-corrected chi connectivity index (χ1v) is 7.95. The molecular formula is C15H13N5O3S. The van der Waals surface area contributed by atoms with E-state index in [1.165, 1.54) is 17.6 Å². The van der Waals surface area contributed by atoms with Crippen LogP contribution in [-0.2, 0) is 0 Å². The molecule has 0 radical (unpaired) electrons. The summed E-state index contributed by atoms with van der Waals surface area (Å²) in [4.78, 5) is 36.1. The van der Waals surface area contributed by atoms with Crippen molar-refractivity contribution in [3.8, 4) is 10.8 Å². The molecule has 8 nitrogen and oxygen atoms in total. The lowest BCUT2D eigenvalue weighted by molar-refractivity contribution is 0.0909. The molecule has 0 aromatic carbocycles. The standard InChI is InChI=1S/C15H13N5O3S/c21-13(18-6-7-19-14(22)11-3-1-8-23-11)10-9-24-15(20-10)12-16-4-2-5-17-12/h1-5,8-9H,6-7H2,(H,18,21)(H,19,22). The van der Waals surface area contributed by atoms with E-state index in [9.17, 15) is 9.59 Å². The molecule has 9 heteroatoms. The highest BCUT2D eigenvalue weighted by atomic mass is 32.1. The Labute approximate surface area is 141 Å². The molecule has 0 bridgehead atoms. The van der Waals surface area contributed by atoms with Gasteiger partial charge in [-0.1, -0.05) is 0 Å². The quantitative estimate of drug-likeness (QED) is 0.654. The normalized spacial score (nSPS) is 10.3. The molecule has 3 rings (SSSR count). The molecule has 3 aromatic rings. The first kappa shape index (κ1) is 15.8. The number of aromatic nitrogens is 3. The van der Waals surface area contributed by atoms with Gasteiger partial charge < -0.3 is 15.1 Å². The van der Waals surface area contributed by atoms with Gasteiger partial charge in [-0.3, -0.25) is 9.59 Å². The van der Waals surface area contributed by atoms with Crippen LogP contribution in [0.1, 0.15) is 21.0 Å². The lowest BCUT2D eigenvalue weighted by Gasteiger charge is -2.04. The second-order valence-corrected chi connectivity index (χ2v) is 5.46. The van der Waals surface area contributed by atoms with Crippen molar-refractivity contribution in [3.05, 3.63) is 53.7 Å². The van der Waals surface area contributed by atoms with Gasteiger partial charge >= 0.3 is 0 Å². The first-order valence-electron chi connectivity index (χ1n) is 7.07. The fraction of sp³-hybridized carbons (Fsp3) is 0.133. The van der Waals surface area contributed by atoms with E-state index >= 15 is 0 Å². The minimum atomic E-state index is -0.327. The molecule has 0 aliphatic carbocycles. The van der Waals surface area contributed by atoms with Crippen molar-refractivity contribution >= 4 is 23.2 Å². The van der Waals surface area contributed by atoms with E-state index in [-0.39, 0.29) is 30.7 Å². The van der Waals surface area contributed by atoms with E-state index in [0.29, 0.717) is 16.5 Å². The number of furan rings is 1. The van der Waals surface area contributed by atoms with Crippen LogP contribution in [0.15, 0.2) is 46.7 Å². The molecule has 2 N–H and O–H groups in total. The van der Waals surface area contributed by atoms with Crippen molar-refractivity contribution in [1.82, 2.24) is 25.6 Å². The Hall–Kier alpha value is -3.07. The van der Waals surface area contributed by atoms with Crippen LogP contribution in [0.5, 0.6) is 0 Å². The number of nitrogens with zero attached hydrogens (tertiary/aromatic N) is 3. The van der Waals surface area contributed by atoms with Gasteiger partial charge in [0.05, 0.1) is 6.26 Å². The smallest absolute Gasteiger partial charge is 0.287 e. The highest BCUT2D eigenvalue weighted by molar-refractivity contribution is 7.13. The summed E-state index contributed by atoms with van der Waals surface area (Å²) in [5.41, 5.74) is 0.291. The summed E-state index contributed by atoms with van der Waals surface area (Å²) < 4.78 is 4.97. The van der Waals surface area contributed by atoms with Gasteiger partial charge in [-0.15, -0.1) is 11.3 Å². The summed E-state index contributed by atoms with van der Waals surface area (Å²) in [5, 5.41) is 7.54. The lowest BCUT2D eigenvalue weighted by atomic mass is 10.4. The van der Waals surface area contributed by atoms with Gasteiger partial charge in [0, 0.05) is 30.9 Å². The van der Waals surface area contributed by atoms with Gasteiger partial charge in [-0.25, -0.2) is 15.0 Å². The van der Waals surface area contributed by atoms with Crippen molar-refractivity contribution < 1.29 is 14.0 Å². The molecule has 3 aromatic heterocycles. The van der Waals surface area contributed by atoms with Crippen molar-refractivity contribution in [2.45, 2.75) is 0 Å². The minimum absolute atomic E-state index is 0.230.